The van der Waals surface area contributed by atoms with Crippen LogP contribution in [0.1, 0.15) is 0 Å². The first-order chi connectivity index (χ1) is 6.26. The largest absolute Gasteiger partial charge is 0.368 e. The molecule has 1 heterocycles. The zero-order valence-corrected chi connectivity index (χ0v) is 12.2. The lowest BCUT2D eigenvalue weighted by atomic mass is 10.7. The van der Waals surface area contributed by atoms with Crippen LogP contribution in [-0.4, -0.2) is 32.1 Å². The van der Waals surface area contributed by atoms with E-state index >= 15 is 0 Å². The summed E-state index contributed by atoms with van der Waals surface area (Å²) in [6.07, 6.45) is 4.39. The lowest BCUT2D eigenvalue weighted by Gasteiger charge is -2.42. The molecule has 0 saturated heterocycles. The van der Waals surface area contributed by atoms with E-state index in [0.29, 0.717) is 0 Å². The van der Waals surface area contributed by atoms with Crippen LogP contribution in [0.3, 0.4) is 0 Å². The third-order valence-electron chi connectivity index (χ3n) is 3.06. The first-order valence-electron chi connectivity index (χ1n) is 5.13. The molecule has 0 radical (unpaired) electrons. The lowest BCUT2D eigenvalue weighted by Crippen LogP contribution is -2.62. The summed E-state index contributed by atoms with van der Waals surface area (Å²) < 4.78 is 5.06. The zero-order chi connectivity index (χ0) is 11.0. The van der Waals surface area contributed by atoms with E-state index in [1.807, 2.05) is 0 Å². The van der Waals surface area contributed by atoms with Crippen molar-refractivity contribution in [3.8, 4) is 0 Å². The maximum Gasteiger partial charge on any atom is 0.225 e. The van der Waals surface area contributed by atoms with Crippen molar-refractivity contribution in [2.24, 2.45) is 0 Å². The van der Waals surface area contributed by atoms with Crippen LogP contribution < -0.4 is 0 Å². The zero-order valence-electron chi connectivity index (χ0n) is 10.2. The Labute approximate surface area is 89.8 Å². The molecule has 4 heteroatoms. The van der Waals surface area contributed by atoms with Crippen LogP contribution in [-0.2, 0) is 0 Å². The average Bonchev–Trinajstić information content (AvgIpc) is 2.53. The molecule has 0 unspecified atom stereocenters. The van der Waals surface area contributed by atoms with Gasteiger partial charge in [-0.25, -0.2) is 0 Å². The molecule has 0 atom stereocenters. The van der Waals surface area contributed by atoms with Gasteiger partial charge >= 0.3 is 0 Å². The van der Waals surface area contributed by atoms with Crippen molar-refractivity contribution < 1.29 is 0 Å². The van der Waals surface area contributed by atoms with Gasteiger partial charge in [0.25, 0.3) is 0 Å². The number of hydrogen-bond acceptors (Lipinski definition) is 1. The summed E-state index contributed by atoms with van der Waals surface area (Å²) in [7, 11) is -0.342. The molecule has 0 saturated carbocycles. The van der Waals surface area contributed by atoms with Gasteiger partial charge in [0.1, 0.15) is 8.24 Å². The normalized spacial score (nSPS) is 13.6. The minimum Gasteiger partial charge on any atom is -0.368 e. The fraction of sp³-hybridized carbons (Fsp3) is 0.600. The van der Waals surface area contributed by atoms with Crippen molar-refractivity contribution in [2.75, 3.05) is 7.05 Å². The fourth-order valence-electron chi connectivity index (χ4n) is 1.69. The molecule has 0 bridgehead atoms. The van der Waals surface area contributed by atoms with Gasteiger partial charge in [-0.3, -0.25) is 0 Å². The molecular formula is C10H22N2Si2. The summed E-state index contributed by atoms with van der Waals surface area (Å²) >= 11 is 0. The quantitative estimate of drug-likeness (QED) is 0.720. The van der Waals surface area contributed by atoms with Crippen LogP contribution in [0.5, 0.6) is 0 Å². The Morgan fingerprint density at radius 2 is 1.36 bits per heavy atom. The standard InChI is InChI=1S/C10H22N2Si2/c1-11(13(2,3)4)14(5,6)12-9-7-8-10-12/h7-10H,1-6H3. The second-order valence-corrected chi connectivity index (χ2v) is 15.0. The summed E-state index contributed by atoms with van der Waals surface area (Å²) in [4.78, 5) is 0. The highest BCUT2D eigenvalue weighted by Gasteiger charge is 2.36. The van der Waals surface area contributed by atoms with Crippen LogP contribution >= 0.6 is 0 Å². The number of nitrogens with zero attached hydrogens (tertiary/aromatic N) is 2. The van der Waals surface area contributed by atoms with Gasteiger partial charge in [0.15, 0.2) is 0 Å². The Morgan fingerprint density at radius 3 is 1.71 bits per heavy atom. The smallest absolute Gasteiger partial charge is 0.225 e. The van der Waals surface area contributed by atoms with Crippen molar-refractivity contribution in [1.82, 2.24) is 8.46 Å². The van der Waals surface area contributed by atoms with Gasteiger partial charge in [-0.15, -0.1) is 0 Å². The highest BCUT2D eigenvalue weighted by atomic mass is 28.4. The molecule has 0 aliphatic rings. The number of rotatable bonds is 3. The van der Waals surface area contributed by atoms with Crippen molar-refractivity contribution in [3.63, 3.8) is 0 Å². The highest BCUT2D eigenvalue weighted by Crippen LogP contribution is 2.18. The Balaban J connectivity index is 2.96. The van der Waals surface area contributed by atoms with Crippen molar-refractivity contribution in [2.45, 2.75) is 32.7 Å². The molecule has 0 spiro atoms. The molecule has 0 amide bonds. The average molecular weight is 226 g/mol. The fourth-order valence-corrected chi connectivity index (χ4v) is 9.85. The first-order valence-corrected chi connectivity index (χ1v) is 11.5. The Morgan fingerprint density at radius 1 is 0.929 bits per heavy atom. The first kappa shape index (κ1) is 11.7. The van der Waals surface area contributed by atoms with E-state index in [0.717, 1.165) is 0 Å². The summed E-state index contributed by atoms with van der Waals surface area (Å²) in [5.74, 6) is 0. The summed E-state index contributed by atoms with van der Waals surface area (Å²) in [5, 5.41) is 0. The van der Waals surface area contributed by atoms with Crippen LogP contribution in [0, 0.1) is 0 Å². The number of aromatic nitrogens is 1. The maximum absolute atomic E-state index is 2.65. The van der Waals surface area contributed by atoms with E-state index in [9.17, 15) is 0 Å². The van der Waals surface area contributed by atoms with E-state index in [1.165, 1.54) is 0 Å². The Kier molecular flexibility index (Phi) is 3.08. The van der Waals surface area contributed by atoms with Crippen LogP contribution in [0.15, 0.2) is 24.5 Å². The molecule has 14 heavy (non-hydrogen) atoms. The topological polar surface area (TPSA) is 8.17 Å². The van der Waals surface area contributed by atoms with Gasteiger partial charge in [-0.2, -0.15) is 0 Å². The van der Waals surface area contributed by atoms with Crippen molar-refractivity contribution in [3.05, 3.63) is 24.5 Å². The molecule has 1 aromatic heterocycles. The SMILES string of the molecule is CN([Si](C)(C)C)[Si](C)(C)n1cccc1. The monoisotopic (exact) mass is 226 g/mol. The van der Waals surface area contributed by atoms with Gasteiger partial charge in [0, 0.05) is 0 Å². The minimum absolute atomic E-state index is 1.18. The maximum atomic E-state index is 2.65. The van der Waals surface area contributed by atoms with Crippen LogP contribution in [0.4, 0.5) is 0 Å². The molecule has 80 valence electrons. The molecule has 1 aromatic rings. The Bertz CT molecular complexity index is 286. The summed E-state index contributed by atoms with van der Waals surface area (Å²) in [6.45, 7) is 12.0. The van der Waals surface area contributed by atoms with Gasteiger partial charge in [0.05, 0.1) is 0 Å². The van der Waals surface area contributed by atoms with Gasteiger partial charge in [-0.1, -0.05) is 19.6 Å². The molecule has 0 aromatic carbocycles. The van der Waals surface area contributed by atoms with Gasteiger partial charge in [0.2, 0.25) is 8.40 Å². The second-order valence-electron chi connectivity index (χ2n) is 5.31. The van der Waals surface area contributed by atoms with E-state index in [1.54, 1.807) is 0 Å². The van der Waals surface area contributed by atoms with E-state index in [4.69, 9.17) is 0 Å². The number of hydrogen-bond donors (Lipinski definition) is 0. The van der Waals surface area contributed by atoms with Gasteiger partial charge in [-0.05, 0) is 44.7 Å². The van der Waals surface area contributed by atoms with E-state index in [-0.39, 0.29) is 0 Å². The molecular weight excluding hydrogens is 204 g/mol. The van der Waals surface area contributed by atoms with Crippen molar-refractivity contribution in [1.29, 1.82) is 0 Å². The van der Waals surface area contributed by atoms with E-state index < -0.39 is 16.6 Å². The van der Waals surface area contributed by atoms with Crippen molar-refractivity contribution >= 4 is 16.6 Å². The third kappa shape index (κ3) is 2.18. The van der Waals surface area contributed by atoms with Crippen LogP contribution in [0.2, 0.25) is 32.7 Å². The highest BCUT2D eigenvalue weighted by molar-refractivity contribution is 6.89. The molecule has 0 fully saturated rings. The molecule has 1 rings (SSSR count). The molecule has 0 aliphatic heterocycles. The predicted octanol–water partition coefficient (Wildman–Crippen LogP) is 2.80. The molecule has 0 aliphatic carbocycles. The molecule has 2 nitrogen and oxygen atoms in total. The summed E-state index contributed by atoms with van der Waals surface area (Å²) in [6, 6.07) is 4.24. The second kappa shape index (κ2) is 3.68. The Hall–Kier alpha value is -0.326. The third-order valence-corrected chi connectivity index (χ3v) is 11.9. The minimum atomic E-state index is -1.45. The summed E-state index contributed by atoms with van der Waals surface area (Å²) in [5.41, 5.74) is 0. The predicted molar refractivity (Wildman–Crippen MR) is 68.4 cm³/mol. The molecule has 0 N–H and O–H groups in total. The lowest BCUT2D eigenvalue weighted by molar-refractivity contribution is 0.723. The van der Waals surface area contributed by atoms with Gasteiger partial charge < -0.3 is 8.46 Å². The van der Waals surface area contributed by atoms with E-state index in [2.05, 4.69) is 72.8 Å². The van der Waals surface area contributed by atoms with Crippen LogP contribution in [0.25, 0.3) is 0 Å².